The van der Waals surface area contributed by atoms with E-state index in [2.05, 4.69) is 26.3 Å². The fourth-order valence-electron chi connectivity index (χ4n) is 7.40. The van der Waals surface area contributed by atoms with Crippen LogP contribution in [0.15, 0.2) is 59.6 Å². The molecule has 0 saturated heterocycles. The Hall–Kier alpha value is -5.51. The van der Waals surface area contributed by atoms with Crippen LogP contribution in [0.2, 0.25) is 0 Å². The first kappa shape index (κ1) is 43.2. The summed E-state index contributed by atoms with van der Waals surface area (Å²) in [5.74, 6) is -4.75. The maximum absolute atomic E-state index is 14.8. The molecule has 1 fully saturated rings. The fourth-order valence-corrected chi connectivity index (χ4v) is 7.40. The van der Waals surface area contributed by atoms with Crippen LogP contribution in [-0.2, 0) is 48.2 Å². The third kappa shape index (κ3) is 12.2. The summed E-state index contributed by atoms with van der Waals surface area (Å²) in [6, 6.07) is 10.8. The minimum atomic E-state index is -1.27. The van der Waals surface area contributed by atoms with Gasteiger partial charge in [-0.3, -0.25) is 29.0 Å². The number of carboxylic acids is 1. The predicted molar refractivity (Wildman–Crippen MR) is 210 cm³/mol. The Morgan fingerprint density at radius 2 is 1.50 bits per heavy atom. The quantitative estimate of drug-likeness (QED) is 0.0589. The zero-order chi connectivity index (χ0) is 40.8. The molecule has 11 N–H and O–H groups in total. The standard InChI is InChI=1S/C40H57N9O7/c1-24(2)33(47-32(50)22-41)36(52)48-34(26-14-7-4-8-15-26)37(53)45-29(18-11-19-44-40(42)43)38(54)49-23-28-17-10-9-16-27(28)21-31(49)35(51)46-30(39(55)56)20-25-12-5-3-6-13-25/h3,5-6,9-10,12-13,16-17,24,26,29-31,33-34H,4,7-8,11,14-15,18-23,41H2,1-2H3,(H,45,53)(H,46,51)(H,47,50)(H,48,52)(H,55,56)(H4,42,43,44)/t29-,30-,31-,33-,34?/m0/s1. The van der Waals surface area contributed by atoms with Crippen LogP contribution in [0.5, 0.6) is 0 Å². The first-order valence-electron chi connectivity index (χ1n) is 19.4. The molecule has 304 valence electrons. The zero-order valence-electron chi connectivity index (χ0n) is 32.2. The summed E-state index contributed by atoms with van der Waals surface area (Å²) in [6.45, 7) is 3.42. The SMILES string of the molecule is CC(C)[C@H](NC(=O)CN)C(=O)NC(C(=O)N[C@@H](CCCN=C(N)N)C(=O)N1Cc2ccccc2C[C@H]1C(=O)N[C@@H](Cc1ccccc1)C(=O)O)C1CCCCC1. The number of aliphatic imine (C=N–C) groups is 1. The van der Waals surface area contributed by atoms with Crippen LogP contribution >= 0.6 is 0 Å². The van der Waals surface area contributed by atoms with E-state index in [1.54, 1.807) is 38.1 Å². The molecular weight excluding hydrogens is 718 g/mol. The highest BCUT2D eigenvalue weighted by Crippen LogP contribution is 2.28. The number of benzene rings is 2. The second-order valence-electron chi connectivity index (χ2n) is 14.9. The van der Waals surface area contributed by atoms with Gasteiger partial charge in [0, 0.05) is 25.9 Å². The van der Waals surface area contributed by atoms with Gasteiger partial charge in [-0.15, -0.1) is 0 Å². The number of aliphatic carboxylic acids is 1. The van der Waals surface area contributed by atoms with E-state index in [0.717, 1.165) is 30.4 Å². The molecule has 16 heteroatoms. The third-order valence-electron chi connectivity index (χ3n) is 10.4. The van der Waals surface area contributed by atoms with Crippen molar-refractivity contribution in [2.45, 2.75) is 108 Å². The number of hydrogen-bond acceptors (Lipinski definition) is 8. The van der Waals surface area contributed by atoms with Gasteiger partial charge < -0.3 is 48.5 Å². The lowest BCUT2D eigenvalue weighted by Crippen LogP contribution is -2.62. The molecule has 16 nitrogen and oxygen atoms in total. The number of carbonyl (C=O) groups excluding carboxylic acids is 5. The lowest BCUT2D eigenvalue weighted by Gasteiger charge is -2.39. The van der Waals surface area contributed by atoms with Gasteiger partial charge in [0.15, 0.2) is 5.96 Å². The topological polar surface area (TPSA) is 264 Å². The van der Waals surface area contributed by atoms with Gasteiger partial charge >= 0.3 is 5.97 Å². The second kappa shape index (κ2) is 21.0. The van der Waals surface area contributed by atoms with Crippen LogP contribution in [0.4, 0.5) is 0 Å². The van der Waals surface area contributed by atoms with Crippen LogP contribution in [0.3, 0.4) is 0 Å². The van der Waals surface area contributed by atoms with E-state index in [9.17, 15) is 33.9 Å². The highest BCUT2D eigenvalue weighted by molar-refractivity contribution is 5.96. The van der Waals surface area contributed by atoms with Crippen LogP contribution in [-0.4, -0.2) is 94.8 Å². The molecule has 2 aromatic carbocycles. The number of carboxylic acid groups (broad SMARTS) is 1. The molecular formula is C40H57N9O7. The van der Waals surface area contributed by atoms with E-state index >= 15 is 0 Å². The summed E-state index contributed by atoms with van der Waals surface area (Å²) in [4.78, 5) is 86.8. The van der Waals surface area contributed by atoms with Crippen molar-refractivity contribution in [2.75, 3.05) is 13.1 Å². The predicted octanol–water partition coefficient (Wildman–Crippen LogP) is 0.455. The van der Waals surface area contributed by atoms with Gasteiger partial charge in [0.25, 0.3) is 0 Å². The molecule has 0 spiro atoms. The second-order valence-corrected chi connectivity index (χ2v) is 14.9. The minimum Gasteiger partial charge on any atom is -0.480 e. The third-order valence-corrected chi connectivity index (χ3v) is 10.4. The molecule has 4 rings (SSSR count). The van der Waals surface area contributed by atoms with Crippen LogP contribution < -0.4 is 38.5 Å². The molecule has 2 aliphatic rings. The number of rotatable bonds is 18. The van der Waals surface area contributed by atoms with E-state index in [0.29, 0.717) is 18.4 Å². The van der Waals surface area contributed by atoms with Gasteiger partial charge in [-0.05, 0) is 54.2 Å². The van der Waals surface area contributed by atoms with Crippen LogP contribution in [0, 0.1) is 11.8 Å². The van der Waals surface area contributed by atoms with Crippen molar-refractivity contribution in [3.63, 3.8) is 0 Å². The first-order chi connectivity index (χ1) is 26.8. The monoisotopic (exact) mass is 775 g/mol. The number of guanidine groups is 1. The molecule has 56 heavy (non-hydrogen) atoms. The number of nitrogens with one attached hydrogen (secondary N) is 4. The summed E-state index contributed by atoms with van der Waals surface area (Å²) in [5.41, 5.74) is 19.0. The van der Waals surface area contributed by atoms with E-state index in [-0.39, 0.29) is 63.1 Å². The summed E-state index contributed by atoms with van der Waals surface area (Å²) in [6.07, 6.45) is 4.56. The molecule has 0 bridgehead atoms. The summed E-state index contributed by atoms with van der Waals surface area (Å²) < 4.78 is 0. The Kier molecular flexibility index (Phi) is 16.2. The number of fused-ring (bicyclic) bond motifs is 1. The van der Waals surface area contributed by atoms with E-state index in [4.69, 9.17) is 17.2 Å². The van der Waals surface area contributed by atoms with Gasteiger partial charge in [-0.25, -0.2) is 4.79 Å². The van der Waals surface area contributed by atoms with Gasteiger partial charge in [0.05, 0.1) is 6.54 Å². The molecule has 1 aliphatic carbocycles. The molecule has 5 atom stereocenters. The van der Waals surface area contributed by atoms with E-state index < -0.39 is 65.7 Å². The van der Waals surface area contributed by atoms with Crippen molar-refractivity contribution >= 4 is 41.5 Å². The van der Waals surface area contributed by atoms with Crippen molar-refractivity contribution in [2.24, 2.45) is 34.0 Å². The largest absolute Gasteiger partial charge is 0.480 e. The van der Waals surface area contributed by atoms with Crippen molar-refractivity contribution < 1.29 is 33.9 Å². The minimum absolute atomic E-state index is 0.0312. The Bertz CT molecular complexity index is 1710. The first-order valence-corrected chi connectivity index (χ1v) is 19.4. The van der Waals surface area contributed by atoms with Crippen molar-refractivity contribution in [1.29, 1.82) is 0 Å². The Balaban J connectivity index is 1.65. The molecule has 2 aromatic rings. The zero-order valence-corrected chi connectivity index (χ0v) is 32.2. The number of hydrogen-bond donors (Lipinski definition) is 8. The fraction of sp³-hybridized carbons (Fsp3) is 0.525. The van der Waals surface area contributed by atoms with E-state index in [1.165, 1.54) is 4.90 Å². The lowest BCUT2D eigenvalue weighted by atomic mass is 9.83. The Morgan fingerprint density at radius 3 is 2.12 bits per heavy atom. The van der Waals surface area contributed by atoms with Gasteiger partial charge in [0.1, 0.15) is 30.2 Å². The molecule has 1 unspecified atom stereocenters. The Labute approximate surface area is 327 Å². The van der Waals surface area contributed by atoms with Crippen LogP contribution in [0.1, 0.15) is 75.5 Å². The highest BCUT2D eigenvalue weighted by Gasteiger charge is 2.41. The number of carbonyl (C=O) groups is 6. The molecule has 5 amide bonds. The van der Waals surface area contributed by atoms with Gasteiger partial charge in [-0.1, -0.05) is 87.7 Å². The number of nitrogens with zero attached hydrogens (tertiary/aromatic N) is 2. The van der Waals surface area contributed by atoms with Gasteiger partial charge in [-0.2, -0.15) is 0 Å². The number of nitrogens with two attached hydrogens (primary N) is 3. The number of amides is 5. The van der Waals surface area contributed by atoms with Crippen LogP contribution in [0.25, 0.3) is 0 Å². The van der Waals surface area contributed by atoms with Crippen molar-refractivity contribution in [1.82, 2.24) is 26.2 Å². The van der Waals surface area contributed by atoms with Crippen molar-refractivity contribution in [3.05, 3.63) is 71.3 Å². The average molecular weight is 776 g/mol. The molecule has 1 saturated carbocycles. The lowest BCUT2D eigenvalue weighted by molar-refractivity contribution is -0.147. The molecule has 0 radical (unpaired) electrons. The Morgan fingerprint density at radius 1 is 0.839 bits per heavy atom. The summed E-state index contributed by atoms with van der Waals surface area (Å²) in [7, 11) is 0. The maximum Gasteiger partial charge on any atom is 0.326 e. The van der Waals surface area contributed by atoms with Crippen molar-refractivity contribution in [3.8, 4) is 0 Å². The van der Waals surface area contributed by atoms with Gasteiger partial charge in [0.2, 0.25) is 29.5 Å². The smallest absolute Gasteiger partial charge is 0.326 e. The summed E-state index contributed by atoms with van der Waals surface area (Å²) >= 11 is 0. The average Bonchev–Trinajstić information content (AvgIpc) is 3.19. The van der Waals surface area contributed by atoms with E-state index in [1.807, 2.05) is 30.3 Å². The summed E-state index contributed by atoms with van der Waals surface area (Å²) in [5, 5.41) is 21.2. The maximum atomic E-state index is 14.8. The molecule has 1 heterocycles. The highest BCUT2D eigenvalue weighted by atomic mass is 16.4. The normalized spacial score (nSPS) is 17.6. The molecule has 0 aromatic heterocycles. The molecule has 1 aliphatic heterocycles.